The Morgan fingerprint density at radius 1 is 0.534 bits per heavy atom. The predicted molar refractivity (Wildman–Crippen MR) is 427 cm³/mol. The van der Waals surface area contributed by atoms with Gasteiger partial charge in [0.1, 0.15) is 23.7 Å². The Hall–Kier alpha value is -8.48. The maximum absolute atomic E-state index is 15.1. The van der Waals surface area contributed by atoms with Gasteiger partial charge in [-0.25, -0.2) is 16.8 Å². The summed E-state index contributed by atoms with van der Waals surface area (Å²) in [5, 5.41) is 2.85. The minimum absolute atomic E-state index is 0.0180. The number of fused-ring (bicyclic) bond motifs is 6. The van der Waals surface area contributed by atoms with E-state index in [1.165, 1.54) is 24.0 Å². The fraction of sp³-hybridized carbons (Fsp3) is 0.651. The van der Waals surface area contributed by atoms with E-state index in [9.17, 15) is 45.6 Å². The molecule has 4 aliphatic carbocycles. The van der Waals surface area contributed by atoms with Crippen LogP contribution in [0.2, 0.25) is 0 Å². The summed E-state index contributed by atoms with van der Waals surface area (Å²) >= 11 is 0. The van der Waals surface area contributed by atoms with Crippen molar-refractivity contribution in [2.45, 2.75) is 229 Å². The number of carbonyl (C=O) groups is 8. The van der Waals surface area contributed by atoms with Crippen molar-refractivity contribution >= 4 is 88.7 Å². The second kappa shape index (κ2) is 33.7. The van der Waals surface area contributed by atoms with Gasteiger partial charge in [0.15, 0.2) is 22.8 Å². The minimum Gasteiger partial charge on any atom is -0.497 e. The van der Waals surface area contributed by atoms with Crippen LogP contribution in [-0.2, 0) is 77.4 Å². The number of allylic oxidation sites excluding steroid dienone is 4. The maximum atomic E-state index is 15.1. The van der Waals surface area contributed by atoms with Gasteiger partial charge in [0, 0.05) is 48.6 Å². The highest BCUT2D eigenvalue weighted by Crippen LogP contribution is 2.60. The fourth-order valence-electron chi connectivity index (χ4n) is 17.9. The Morgan fingerprint density at radius 3 is 1.24 bits per heavy atom. The van der Waals surface area contributed by atoms with Crippen molar-refractivity contribution in [3.63, 3.8) is 0 Å². The van der Waals surface area contributed by atoms with Crippen LogP contribution < -0.4 is 37.9 Å². The summed E-state index contributed by atoms with van der Waals surface area (Å²) in [5.41, 5.74) is -4.10. The van der Waals surface area contributed by atoms with E-state index in [1.807, 2.05) is 62.4 Å². The van der Waals surface area contributed by atoms with Crippen LogP contribution in [0.1, 0.15) is 184 Å². The average molecular weight is 1650 g/mol. The number of rotatable bonds is 22. The lowest BCUT2D eigenvalue weighted by atomic mass is 9.79. The number of esters is 2. The summed E-state index contributed by atoms with van der Waals surface area (Å²) in [6, 6.07) is 12.4. The number of Topliss-reactive ketones (excluding diaryl/α,β-unsaturated/α-hetero) is 2. The molecule has 0 radical (unpaired) electrons. The van der Waals surface area contributed by atoms with Crippen LogP contribution in [-0.4, -0.2) is 197 Å². The fourth-order valence-corrected chi connectivity index (χ4v) is 20.6. The molecule has 0 unspecified atom stereocenters. The number of nitrogens with zero attached hydrogens (tertiary/aromatic N) is 4. The molecule has 14 rings (SSSR count). The third-order valence-electron chi connectivity index (χ3n) is 26.3. The van der Waals surface area contributed by atoms with Gasteiger partial charge in [0.25, 0.3) is 0 Å². The summed E-state index contributed by atoms with van der Waals surface area (Å²) in [6.07, 6.45) is 13.9. The van der Waals surface area contributed by atoms with Crippen molar-refractivity contribution in [1.82, 2.24) is 29.2 Å². The lowest BCUT2D eigenvalue weighted by Gasteiger charge is -2.38. The summed E-state index contributed by atoms with van der Waals surface area (Å²) in [5.74, 6) is -3.74. The lowest BCUT2D eigenvalue weighted by molar-refractivity contribution is -0.208. The number of hydrogen-bond donors (Lipinski definition) is 2. The molecule has 2 aromatic carbocycles. The maximum Gasteiger partial charge on any atom is 0.307 e. The number of nitrogens with one attached hydrogen (secondary N) is 2. The number of hydrogen-bond acceptors (Lipinski definition) is 24. The summed E-state index contributed by atoms with van der Waals surface area (Å²) in [6.45, 7) is 16.3. The summed E-state index contributed by atoms with van der Waals surface area (Å²) in [4.78, 5) is 127. The van der Waals surface area contributed by atoms with Crippen LogP contribution in [0.4, 0.5) is 0 Å². The third-order valence-corrected chi connectivity index (χ3v) is 30.6. The number of amides is 4. The van der Waals surface area contributed by atoms with E-state index in [0.29, 0.717) is 111 Å². The van der Waals surface area contributed by atoms with Crippen LogP contribution >= 0.6 is 0 Å². The molecule has 10 aliphatic rings. The molecule has 632 valence electrons. The topological polar surface area (TPSA) is 353 Å². The first-order valence-corrected chi connectivity index (χ1v) is 44.1. The Balaban J connectivity index is 0.000000202. The van der Waals surface area contributed by atoms with Crippen molar-refractivity contribution in [1.29, 1.82) is 0 Å². The number of ketones is 2. The van der Waals surface area contributed by atoms with Gasteiger partial charge in [0.05, 0.1) is 125 Å². The molecule has 4 saturated carbocycles. The highest BCUT2D eigenvalue weighted by Gasteiger charge is 2.65. The van der Waals surface area contributed by atoms with E-state index in [0.717, 1.165) is 23.6 Å². The molecule has 4 amide bonds. The number of sulfonamides is 2. The van der Waals surface area contributed by atoms with Crippen LogP contribution in [0, 0.1) is 58.2 Å². The Bertz CT molecular complexity index is 4440. The van der Waals surface area contributed by atoms with Crippen molar-refractivity contribution < 1.29 is 103 Å². The van der Waals surface area contributed by atoms with Crippen molar-refractivity contribution in [3.8, 4) is 35.0 Å². The largest absolute Gasteiger partial charge is 0.497 e. The Labute approximate surface area is 679 Å². The average Bonchev–Trinajstić information content (AvgIpc) is 1.57. The van der Waals surface area contributed by atoms with Crippen molar-refractivity contribution in [2.75, 3.05) is 68.0 Å². The minimum atomic E-state index is -3.97. The van der Waals surface area contributed by atoms with Gasteiger partial charge >= 0.3 is 11.9 Å². The number of benzene rings is 2. The van der Waals surface area contributed by atoms with E-state index in [2.05, 4.69) is 33.3 Å². The normalized spacial score (nSPS) is 31.0. The zero-order valence-electron chi connectivity index (χ0n) is 68.8. The molecule has 2 aromatic heterocycles. The third kappa shape index (κ3) is 18.2. The first kappa shape index (κ1) is 85.4. The highest BCUT2D eigenvalue weighted by molar-refractivity contribution is 7.92. The summed E-state index contributed by atoms with van der Waals surface area (Å²) in [7, 11) is -1.80. The molecular weight excluding hydrogens is 1530 g/mol. The van der Waals surface area contributed by atoms with Crippen LogP contribution in [0.3, 0.4) is 0 Å². The van der Waals surface area contributed by atoms with Gasteiger partial charge in [-0.1, -0.05) is 64.8 Å². The molecular formula is C86H114N6O22S2. The predicted octanol–water partition coefficient (Wildman–Crippen LogP) is 10.6. The lowest BCUT2D eigenvalue weighted by Crippen LogP contribution is -2.51. The molecule has 8 fully saturated rings. The van der Waals surface area contributed by atoms with E-state index < -0.39 is 111 Å². The van der Waals surface area contributed by atoms with Crippen molar-refractivity contribution in [2.24, 2.45) is 58.2 Å². The zero-order valence-corrected chi connectivity index (χ0v) is 70.5. The quantitative estimate of drug-likeness (QED) is 0.0545. The molecule has 4 saturated heterocycles. The first-order valence-electron chi connectivity index (χ1n) is 41.2. The van der Waals surface area contributed by atoms with Gasteiger partial charge in [-0.2, -0.15) is 9.97 Å². The van der Waals surface area contributed by atoms with Crippen LogP contribution in [0.25, 0.3) is 21.5 Å². The number of pyridine rings is 2. The molecule has 4 aromatic rings. The SMILES string of the molecule is CC[C@@H]1C[C@@H](C)CC/C=C\[C@@H]2C[C@@]2(C(=O)NS(=O)(=O)C2(C)CC2)CC(=O)[C@@H]2C[C@@H](Oc3nc(OC)cc4cc(OC)ccc34)CN2C(=O)[C@H]1CC(=O)OC1(C)COC1.CC[C@@H]1C[C@H](C)CC/C=C\[C@@H]2C[C@@]2(C(=O)NS(=O)(=O)C2(C)CC2)CC(=O)[C@@H]2C[C@@H](Oc3nc(OC)cc4cc(OC)ccc34)CN2C(=O)[C@H]1CC(=O)OC1(C)COC1. The van der Waals surface area contributed by atoms with Crippen molar-refractivity contribution in [3.05, 3.63) is 72.8 Å². The van der Waals surface area contributed by atoms with E-state index >= 15 is 9.59 Å². The van der Waals surface area contributed by atoms with Gasteiger partial charge in [-0.15, -0.1) is 0 Å². The van der Waals surface area contributed by atoms with Gasteiger partial charge < -0.3 is 57.2 Å². The zero-order chi connectivity index (χ0) is 83.2. The number of aromatic nitrogens is 2. The smallest absolute Gasteiger partial charge is 0.307 e. The molecule has 30 heteroatoms. The second-order valence-electron chi connectivity index (χ2n) is 35.6. The van der Waals surface area contributed by atoms with Gasteiger partial charge in [-0.3, -0.25) is 47.8 Å². The Kier molecular flexibility index (Phi) is 24.8. The van der Waals surface area contributed by atoms with Gasteiger partial charge in [-0.05, 0) is 187 Å². The van der Waals surface area contributed by atoms with Crippen LogP contribution in [0.5, 0.6) is 35.0 Å². The molecule has 6 aliphatic heterocycles. The molecule has 2 N–H and O–H groups in total. The van der Waals surface area contributed by atoms with Gasteiger partial charge in [0.2, 0.25) is 67.2 Å². The molecule has 8 heterocycles. The first-order chi connectivity index (χ1) is 55.0. The molecule has 116 heavy (non-hydrogen) atoms. The number of ether oxygens (including phenoxy) is 10. The summed E-state index contributed by atoms with van der Waals surface area (Å²) < 4.78 is 113. The molecule has 0 spiro atoms. The molecule has 0 bridgehead atoms. The molecule has 28 nitrogen and oxygen atoms in total. The number of carbonyl (C=O) groups excluding carboxylic acids is 8. The van der Waals surface area contributed by atoms with E-state index in [-0.39, 0.29) is 149 Å². The van der Waals surface area contributed by atoms with E-state index in [4.69, 9.17) is 47.4 Å². The highest BCUT2D eigenvalue weighted by atomic mass is 32.2. The second-order valence-corrected chi connectivity index (χ2v) is 39.9. The molecule has 14 atom stereocenters. The standard InChI is InChI=1S/2C43H57N3O11S/c2*1-7-27-16-26(2)10-8-9-11-29-21-43(29,40(50)45-58(51,52)42(4)14-15-42)22-35(47)34-19-31(23-46(34)39(49)33(27)20-37(48)57-41(3)24-55-25-41)56-38-32-13-12-30(53-5)17-28(32)18-36(44-38)54-6/h2*9,11-13,17-18,26-27,29,31,33-34H,7-8,10,14-16,19-25H2,1-6H3,(H,45,50)/b2*11-9-/t26-,27+,29+,31+,33-,34-,43+;26-,27-,29-,31-,33+,34+,43-/m01/s1. The van der Waals surface area contributed by atoms with Crippen LogP contribution in [0.15, 0.2) is 72.8 Å². The number of methoxy groups -OCH3 is 4. The van der Waals surface area contributed by atoms with E-state index in [1.54, 1.807) is 66.2 Å². The Morgan fingerprint density at radius 2 is 0.914 bits per heavy atom. The monoisotopic (exact) mass is 1650 g/mol.